The molecule has 1 spiro atoms. The lowest BCUT2D eigenvalue weighted by Gasteiger charge is -2.32. The topological polar surface area (TPSA) is 57.2 Å². The summed E-state index contributed by atoms with van der Waals surface area (Å²) < 4.78 is 25.1. The molecule has 0 amide bonds. The van der Waals surface area contributed by atoms with Crippen LogP contribution in [0.2, 0.25) is 0 Å². The molecule has 23 heavy (non-hydrogen) atoms. The molecule has 4 fully saturated rings. The van der Waals surface area contributed by atoms with Crippen LogP contribution in [0, 0.1) is 0 Å². The molecule has 0 bridgehead atoms. The summed E-state index contributed by atoms with van der Waals surface area (Å²) >= 11 is 0. The second-order valence-corrected chi connectivity index (χ2v) is 7.71. The van der Waals surface area contributed by atoms with E-state index < -0.39 is 0 Å². The van der Waals surface area contributed by atoms with Gasteiger partial charge in [0.25, 0.3) is 0 Å². The van der Waals surface area contributed by atoms with Crippen LogP contribution in [0.4, 0.5) is 0 Å². The van der Waals surface area contributed by atoms with Gasteiger partial charge in [-0.05, 0) is 39.0 Å². The normalized spacial score (nSPS) is 46.2. The Morgan fingerprint density at radius 2 is 1.78 bits per heavy atom. The first kappa shape index (κ1) is 16.3. The van der Waals surface area contributed by atoms with E-state index in [2.05, 4.69) is 6.92 Å². The predicted molar refractivity (Wildman–Crippen MR) is 84.1 cm³/mol. The average molecular weight is 326 g/mol. The fourth-order valence-corrected chi connectivity index (χ4v) is 4.86. The van der Waals surface area contributed by atoms with Crippen molar-refractivity contribution in [2.45, 2.75) is 107 Å². The van der Waals surface area contributed by atoms with Gasteiger partial charge in [-0.2, -0.15) is 0 Å². The van der Waals surface area contributed by atoms with E-state index >= 15 is 0 Å². The van der Waals surface area contributed by atoms with E-state index in [-0.39, 0.29) is 49.0 Å². The summed E-state index contributed by atoms with van der Waals surface area (Å²) in [6.45, 7) is 2.32. The minimum atomic E-state index is -0.347. The minimum absolute atomic E-state index is 0.0265. The molecular formula is C18H30O5. The maximum absolute atomic E-state index is 9.11. The number of hydrogen-bond acceptors (Lipinski definition) is 5. The number of aliphatic hydroxyl groups excluding tert-OH is 1. The Morgan fingerprint density at radius 1 is 0.957 bits per heavy atom. The molecule has 0 aromatic carbocycles. The third kappa shape index (κ3) is 3.19. The highest BCUT2D eigenvalue weighted by atomic mass is 16.8. The second kappa shape index (κ2) is 6.60. The molecule has 0 aromatic rings. The van der Waals surface area contributed by atoms with Crippen LogP contribution in [0.1, 0.15) is 64.7 Å². The van der Waals surface area contributed by atoms with Gasteiger partial charge in [-0.3, -0.25) is 0 Å². The monoisotopic (exact) mass is 326 g/mol. The van der Waals surface area contributed by atoms with Gasteiger partial charge in [0.15, 0.2) is 5.79 Å². The zero-order chi connectivity index (χ0) is 15.9. The van der Waals surface area contributed by atoms with Gasteiger partial charge < -0.3 is 24.1 Å². The first-order valence-electron chi connectivity index (χ1n) is 9.46. The maximum atomic E-state index is 9.11. The smallest absolute Gasteiger partial charge is 0.169 e. The molecule has 5 heteroatoms. The van der Waals surface area contributed by atoms with Crippen molar-refractivity contribution in [2.75, 3.05) is 6.61 Å². The largest absolute Gasteiger partial charge is 0.396 e. The van der Waals surface area contributed by atoms with Crippen molar-refractivity contribution in [2.24, 2.45) is 0 Å². The van der Waals surface area contributed by atoms with Crippen molar-refractivity contribution in [3.63, 3.8) is 0 Å². The molecule has 3 saturated heterocycles. The summed E-state index contributed by atoms with van der Waals surface area (Å²) in [5.74, 6) is -0.347. The molecule has 4 aliphatic rings. The van der Waals surface area contributed by atoms with E-state index in [1.54, 1.807) is 0 Å². The third-order valence-corrected chi connectivity index (χ3v) is 6.02. The van der Waals surface area contributed by atoms with Crippen LogP contribution < -0.4 is 0 Å². The number of ether oxygens (including phenoxy) is 4. The van der Waals surface area contributed by atoms with Gasteiger partial charge in [-0.25, -0.2) is 0 Å². The SMILES string of the molecule is C[C@H]1OC2(CCCCC2)O[C@H]1C1C[C@@H]2OC(CCO)CC[C@@H]2O1. The van der Waals surface area contributed by atoms with Crippen molar-refractivity contribution >= 4 is 0 Å². The molecule has 3 aliphatic heterocycles. The minimum Gasteiger partial charge on any atom is -0.396 e. The van der Waals surface area contributed by atoms with Gasteiger partial charge in [0.2, 0.25) is 0 Å². The summed E-state index contributed by atoms with van der Waals surface area (Å²) in [6.07, 6.45) is 10.1. The molecule has 4 rings (SSSR count). The van der Waals surface area contributed by atoms with Crippen molar-refractivity contribution in [3.8, 4) is 0 Å². The molecule has 1 aliphatic carbocycles. The number of fused-ring (bicyclic) bond motifs is 1. The standard InChI is InChI=1S/C18H30O5/c1-12-17(23-18(22-12)8-3-2-4-9-18)16-11-15-14(21-16)6-5-13(20-15)7-10-19/h12-17,19H,2-11H2,1H3/t12-,13?,14+,15+,16?,17-/m1/s1. The van der Waals surface area contributed by atoms with Crippen LogP contribution in [-0.4, -0.2) is 54.1 Å². The van der Waals surface area contributed by atoms with Crippen LogP contribution in [0.3, 0.4) is 0 Å². The molecule has 1 saturated carbocycles. The number of hydrogen-bond donors (Lipinski definition) is 1. The Hall–Kier alpha value is -0.200. The summed E-state index contributed by atoms with van der Waals surface area (Å²) in [6, 6.07) is 0. The van der Waals surface area contributed by atoms with Crippen LogP contribution >= 0.6 is 0 Å². The van der Waals surface area contributed by atoms with Crippen molar-refractivity contribution in [3.05, 3.63) is 0 Å². The fraction of sp³-hybridized carbons (Fsp3) is 1.00. The Kier molecular flexibility index (Phi) is 4.67. The molecule has 1 N–H and O–H groups in total. The molecular weight excluding hydrogens is 296 g/mol. The maximum Gasteiger partial charge on any atom is 0.169 e. The molecule has 2 unspecified atom stereocenters. The first-order valence-corrected chi connectivity index (χ1v) is 9.46. The quantitative estimate of drug-likeness (QED) is 0.864. The van der Waals surface area contributed by atoms with Gasteiger partial charge >= 0.3 is 0 Å². The Labute approximate surface area is 138 Å². The van der Waals surface area contributed by atoms with E-state index in [4.69, 9.17) is 24.1 Å². The second-order valence-electron chi connectivity index (χ2n) is 7.71. The van der Waals surface area contributed by atoms with E-state index in [0.717, 1.165) is 38.5 Å². The Balaban J connectivity index is 1.38. The van der Waals surface area contributed by atoms with Gasteiger partial charge in [0.05, 0.1) is 30.5 Å². The third-order valence-electron chi connectivity index (χ3n) is 6.02. The lowest BCUT2D eigenvalue weighted by molar-refractivity contribution is -0.201. The van der Waals surface area contributed by atoms with Crippen molar-refractivity contribution in [1.82, 2.24) is 0 Å². The van der Waals surface area contributed by atoms with Crippen LogP contribution in [0.15, 0.2) is 0 Å². The summed E-state index contributed by atoms with van der Waals surface area (Å²) in [5.41, 5.74) is 0. The molecule has 3 heterocycles. The first-order chi connectivity index (χ1) is 11.2. The zero-order valence-corrected chi connectivity index (χ0v) is 14.1. The van der Waals surface area contributed by atoms with Gasteiger partial charge in [-0.15, -0.1) is 0 Å². The van der Waals surface area contributed by atoms with Crippen molar-refractivity contribution < 1.29 is 24.1 Å². The van der Waals surface area contributed by atoms with Gasteiger partial charge in [-0.1, -0.05) is 6.42 Å². The van der Waals surface area contributed by atoms with Crippen molar-refractivity contribution in [1.29, 1.82) is 0 Å². The van der Waals surface area contributed by atoms with E-state index in [9.17, 15) is 0 Å². The molecule has 6 atom stereocenters. The average Bonchev–Trinajstić information content (AvgIpc) is 3.09. The highest BCUT2D eigenvalue weighted by Gasteiger charge is 2.53. The summed E-state index contributed by atoms with van der Waals surface area (Å²) in [7, 11) is 0. The van der Waals surface area contributed by atoms with E-state index in [1.165, 1.54) is 19.3 Å². The van der Waals surface area contributed by atoms with E-state index in [0.29, 0.717) is 0 Å². The molecule has 0 radical (unpaired) electrons. The highest BCUT2D eigenvalue weighted by Crippen LogP contribution is 2.44. The van der Waals surface area contributed by atoms with Crippen LogP contribution in [0.5, 0.6) is 0 Å². The van der Waals surface area contributed by atoms with Crippen LogP contribution in [-0.2, 0) is 18.9 Å². The lowest BCUT2D eigenvalue weighted by Crippen LogP contribution is -2.36. The molecule has 0 aromatic heterocycles. The molecule has 5 nitrogen and oxygen atoms in total. The zero-order valence-electron chi connectivity index (χ0n) is 14.1. The predicted octanol–water partition coefficient (Wildman–Crippen LogP) is 2.54. The van der Waals surface area contributed by atoms with E-state index in [1.807, 2.05) is 0 Å². The Morgan fingerprint density at radius 3 is 2.57 bits per heavy atom. The van der Waals surface area contributed by atoms with Crippen LogP contribution in [0.25, 0.3) is 0 Å². The highest BCUT2D eigenvalue weighted by molar-refractivity contribution is 4.97. The lowest BCUT2D eigenvalue weighted by atomic mass is 9.94. The van der Waals surface area contributed by atoms with Gasteiger partial charge in [0, 0.05) is 25.9 Å². The fourth-order valence-electron chi connectivity index (χ4n) is 4.86. The number of aliphatic hydroxyl groups is 1. The summed E-state index contributed by atoms with van der Waals surface area (Å²) in [4.78, 5) is 0. The number of rotatable bonds is 3. The summed E-state index contributed by atoms with van der Waals surface area (Å²) in [5, 5.41) is 9.11. The Bertz CT molecular complexity index is 408. The van der Waals surface area contributed by atoms with Gasteiger partial charge in [0.1, 0.15) is 6.10 Å². The molecule has 132 valence electrons.